The first-order chi connectivity index (χ1) is 9.39. The average molecular weight is 338 g/mol. The summed E-state index contributed by atoms with van der Waals surface area (Å²) in [7, 11) is -2.92. The van der Waals surface area contributed by atoms with Gasteiger partial charge in [-0.1, -0.05) is 37.0 Å². The van der Waals surface area contributed by atoms with E-state index in [-0.39, 0.29) is 17.5 Å². The molecular weight excluding hydrogens is 317 g/mol. The van der Waals surface area contributed by atoms with Crippen LogP contribution in [0, 0.1) is 0 Å². The number of halogens is 2. The van der Waals surface area contributed by atoms with E-state index < -0.39 is 9.84 Å². The van der Waals surface area contributed by atoms with E-state index in [4.69, 9.17) is 23.2 Å². The molecule has 0 aliphatic rings. The van der Waals surface area contributed by atoms with Crippen LogP contribution in [-0.2, 0) is 9.84 Å². The van der Waals surface area contributed by atoms with E-state index in [1.54, 1.807) is 19.1 Å². The topological polar surface area (TPSA) is 46.2 Å². The molecule has 0 bridgehead atoms. The summed E-state index contributed by atoms with van der Waals surface area (Å²) in [5.41, 5.74) is 0.926. The fourth-order valence-electron chi connectivity index (χ4n) is 2.05. The zero-order valence-corrected chi connectivity index (χ0v) is 14.2. The third-order valence-electron chi connectivity index (χ3n) is 3.17. The smallest absolute Gasteiger partial charge is 0.150 e. The molecule has 1 unspecified atom stereocenters. The van der Waals surface area contributed by atoms with Gasteiger partial charge in [0.2, 0.25) is 0 Å². The van der Waals surface area contributed by atoms with Gasteiger partial charge in [-0.3, -0.25) is 0 Å². The first-order valence-corrected chi connectivity index (χ1v) is 9.36. The van der Waals surface area contributed by atoms with Crippen molar-refractivity contribution in [3.05, 3.63) is 33.8 Å². The molecule has 1 aromatic carbocycles. The minimum Gasteiger partial charge on any atom is -0.310 e. The maximum atomic E-state index is 11.5. The van der Waals surface area contributed by atoms with Crippen molar-refractivity contribution < 1.29 is 8.42 Å². The molecule has 6 heteroatoms. The molecule has 1 rings (SSSR count). The van der Waals surface area contributed by atoms with Crippen LogP contribution in [0.2, 0.25) is 10.0 Å². The van der Waals surface area contributed by atoms with Crippen LogP contribution in [0.4, 0.5) is 0 Å². The number of benzene rings is 1. The van der Waals surface area contributed by atoms with E-state index in [2.05, 4.69) is 5.32 Å². The van der Waals surface area contributed by atoms with Gasteiger partial charge in [0.25, 0.3) is 0 Å². The van der Waals surface area contributed by atoms with Gasteiger partial charge in [0.05, 0.1) is 5.75 Å². The lowest BCUT2D eigenvalue weighted by atomic mass is 10.0. The normalized spacial score (nSPS) is 13.4. The molecule has 20 heavy (non-hydrogen) atoms. The highest BCUT2D eigenvalue weighted by Gasteiger charge is 2.16. The predicted octanol–water partition coefficient (Wildman–Crippen LogP) is 3.86. The molecule has 0 heterocycles. The Balaban J connectivity index is 2.76. The largest absolute Gasteiger partial charge is 0.310 e. The molecule has 0 aromatic heterocycles. The number of sulfone groups is 1. The van der Waals surface area contributed by atoms with Gasteiger partial charge in [0.1, 0.15) is 9.84 Å². The summed E-state index contributed by atoms with van der Waals surface area (Å²) >= 11 is 12.2. The van der Waals surface area contributed by atoms with Crippen LogP contribution in [0.25, 0.3) is 0 Å². The Morgan fingerprint density at radius 3 is 2.55 bits per heavy atom. The third kappa shape index (κ3) is 5.60. The van der Waals surface area contributed by atoms with Gasteiger partial charge >= 0.3 is 0 Å². The number of nitrogens with one attached hydrogen (secondary N) is 1. The second-order valence-corrected chi connectivity index (χ2v) is 7.97. The van der Waals surface area contributed by atoms with Crippen molar-refractivity contribution in [1.82, 2.24) is 5.32 Å². The molecule has 1 N–H and O–H groups in total. The van der Waals surface area contributed by atoms with Crippen molar-refractivity contribution in [2.24, 2.45) is 0 Å². The molecule has 1 atom stereocenters. The van der Waals surface area contributed by atoms with Crippen molar-refractivity contribution in [3.63, 3.8) is 0 Å². The van der Waals surface area contributed by atoms with E-state index in [1.807, 2.05) is 13.0 Å². The Morgan fingerprint density at radius 1 is 1.25 bits per heavy atom. The minimum absolute atomic E-state index is 0.0262. The van der Waals surface area contributed by atoms with E-state index in [1.165, 1.54) is 0 Å². The van der Waals surface area contributed by atoms with Gasteiger partial charge in [-0.2, -0.15) is 0 Å². The molecule has 0 saturated heterocycles. The molecule has 1 aromatic rings. The van der Waals surface area contributed by atoms with Crippen LogP contribution >= 0.6 is 23.2 Å². The lowest BCUT2D eigenvalue weighted by molar-refractivity contribution is 0.507. The quantitative estimate of drug-likeness (QED) is 0.783. The van der Waals surface area contributed by atoms with Crippen molar-refractivity contribution in [1.29, 1.82) is 0 Å². The average Bonchev–Trinajstić information content (AvgIpc) is 2.40. The maximum absolute atomic E-state index is 11.5. The van der Waals surface area contributed by atoms with Crippen LogP contribution < -0.4 is 5.32 Å². The lowest BCUT2D eigenvalue weighted by Gasteiger charge is -2.20. The Hall–Kier alpha value is -0.290. The van der Waals surface area contributed by atoms with E-state index in [0.717, 1.165) is 12.1 Å². The van der Waals surface area contributed by atoms with Crippen molar-refractivity contribution >= 4 is 33.0 Å². The zero-order chi connectivity index (χ0) is 15.2. The summed E-state index contributed by atoms with van der Waals surface area (Å²) < 4.78 is 23.1. The highest BCUT2D eigenvalue weighted by atomic mass is 35.5. The number of rotatable bonds is 8. The molecule has 0 radical (unpaired) electrons. The van der Waals surface area contributed by atoms with Gasteiger partial charge in [0, 0.05) is 21.8 Å². The zero-order valence-electron chi connectivity index (χ0n) is 11.8. The van der Waals surface area contributed by atoms with Gasteiger partial charge in [-0.05, 0) is 43.1 Å². The Bertz CT molecular complexity index is 532. The van der Waals surface area contributed by atoms with Crippen LogP contribution in [0.1, 0.15) is 38.3 Å². The summed E-state index contributed by atoms with van der Waals surface area (Å²) in [6.45, 7) is 4.47. The molecule has 0 spiro atoms. The fourth-order valence-corrected chi connectivity index (χ4v) is 3.37. The molecule has 0 aliphatic carbocycles. The molecular formula is C14H21Cl2NO2S. The minimum atomic E-state index is -2.92. The second kappa shape index (κ2) is 8.23. The number of hydrogen-bond donors (Lipinski definition) is 1. The van der Waals surface area contributed by atoms with Crippen LogP contribution in [0.3, 0.4) is 0 Å². The highest BCUT2D eigenvalue weighted by Crippen LogP contribution is 2.29. The highest BCUT2D eigenvalue weighted by molar-refractivity contribution is 7.91. The van der Waals surface area contributed by atoms with Crippen molar-refractivity contribution in [2.45, 2.75) is 32.7 Å². The monoisotopic (exact) mass is 337 g/mol. The van der Waals surface area contributed by atoms with Gasteiger partial charge in [-0.25, -0.2) is 8.42 Å². The second-order valence-electron chi connectivity index (χ2n) is 4.65. The van der Waals surface area contributed by atoms with E-state index >= 15 is 0 Å². The SMILES string of the molecule is CCNC(CCCS(=O)(=O)CC)c1cc(Cl)ccc1Cl. The summed E-state index contributed by atoms with van der Waals surface area (Å²) in [6, 6.07) is 5.38. The summed E-state index contributed by atoms with van der Waals surface area (Å²) in [5, 5.41) is 4.62. The van der Waals surface area contributed by atoms with E-state index in [9.17, 15) is 8.42 Å². The van der Waals surface area contributed by atoms with Crippen LogP contribution in [0.5, 0.6) is 0 Å². The van der Waals surface area contributed by atoms with Gasteiger partial charge in [0.15, 0.2) is 0 Å². The molecule has 0 aliphatic heterocycles. The van der Waals surface area contributed by atoms with Gasteiger partial charge in [-0.15, -0.1) is 0 Å². The van der Waals surface area contributed by atoms with Crippen LogP contribution in [0.15, 0.2) is 18.2 Å². The first kappa shape index (κ1) is 17.8. The Kier molecular flexibility index (Phi) is 7.30. The van der Waals surface area contributed by atoms with E-state index in [0.29, 0.717) is 22.9 Å². The summed E-state index contributed by atoms with van der Waals surface area (Å²) in [4.78, 5) is 0. The maximum Gasteiger partial charge on any atom is 0.150 e. The van der Waals surface area contributed by atoms with Crippen molar-refractivity contribution in [3.8, 4) is 0 Å². The fraction of sp³-hybridized carbons (Fsp3) is 0.571. The first-order valence-electron chi connectivity index (χ1n) is 6.78. The Labute approximate surface area is 131 Å². The number of hydrogen-bond acceptors (Lipinski definition) is 3. The summed E-state index contributed by atoms with van der Waals surface area (Å²) in [6.07, 6.45) is 1.32. The molecule has 0 saturated carbocycles. The Morgan fingerprint density at radius 2 is 1.95 bits per heavy atom. The molecule has 0 fully saturated rings. The van der Waals surface area contributed by atoms with Gasteiger partial charge < -0.3 is 5.32 Å². The molecule has 0 amide bonds. The summed E-state index contributed by atoms with van der Waals surface area (Å²) in [5.74, 6) is 0.403. The van der Waals surface area contributed by atoms with Crippen molar-refractivity contribution in [2.75, 3.05) is 18.1 Å². The third-order valence-corrected chi connectivity index (χ3v) is 5.54. The standard InChI is InChI=1S/C14H21Cl2NO2S/c1-3-17-14(6-5-9-20(18,19)4-2)12-10-11(15)7-8-13(12)16/h7-8,10,14,17H,3-6,9H2,1-2H3. The van der Waals surface area contributed by atoms with Crippen LogP contribution in [-0.4, -0.2) is 26.5 Å². The molecule has 114 valence electrons. The predicted molar refractivity (Wildman–Crippen MR) is 86.4 cm³/mol. The molecule has 3 nitrogen and oxygen atoms in total. The lowest BCUT2D eigenvalue weighted by Crippen LogP contribution is -2.22.